The summed E-state index contributed by atoms with van der Waals surface area (Å²) in [6, 6.07) is 1.96. The Bertz CT molecular complexity index is 1610. The van der Waals surface area contributed by atoms with Gasteiger partial charge in [-0.25, -0.2) is 9.36 Å². The molecule has 0 amide bonds. The molecule has 1 saturated heterocycles. The standard InChI is InChI=1S/C31H41IN8O4/c1-7-24-22-15-25(33-17-26(22)40(35-24)28-11-9-10-14-42-28)23-16-34-37(6)31(23)44-21(5)18-38(8-2)19-27-29(32)30(43-20(3)4)36-39(27)12-13-41/h1,15-17,20-21,28,41H,8-14,18-19H2,2-6H3. The van der Waals surface area contributed by atoms with Crippen LogP contribution in [-0.2, 0) is 24.9 Å². The second-order valence-corrected chi connectivity index (χ2v) is 12.3. The zero-order valence-corrected chi connectivity index (χ0v) is 28.2. The van der Waals surface area contributed by atoms with Crippen LogP contribution in [0.25, 0.3) is 22.2 Å². The average molecular weight is 717 g/mol. The van der Waals surface area contributed by atoms with E-state index in [0.29, 0.717) is 49.4 Å². The van der Waals surface area contributed by atoms with Gasteiger partial charge in [0, 0.05) is 32.1 Å². The number of hydrogen-bond acceptors (Lipinski definition) is 9. The fourth-order valence-electron chi connectivity index (χ4n) is 5.46. The summed E-state index contributed by atoms with van der Waals surface area (Å²) in [6.07, 6.45) is 12.2. The van der Waals surface area contributed by atoms with Gasteiger partial charge in [-0.15, -0.1) is 11.5 Å². The monoisotopic (exact) mass is 716 g/mol. The van der Waals surface area contributed by atoms with Crippen molar-refractivity contribution >= 4 is 33.5 Å². The number of fused-ring (bicyclic) bond motifs is 1. The third kappa shape index (κ3) is 6.88. The largest absolute Gasteiger partial charge is 0.473 e. The maximum atomic E-state index is 9.63. The lowest BCUT2D eigenvalue weighted by Gasteiger charge is -2.25. The number of hydrogen-bond donors (Lipinski definition) is 1. The van der Waals surface area contributed by atoms with E-state index >= 15 is 0 Å². The predicted octanol–water partition coefficient (Wildman–Crippen LogP) is 4.38. The van der Waals surface area contributed by atoms with Gasteiger partial charge in [-0.2, -0.15) is 10.2 Å². The Balaban J connectivity index is 1.35. The van der Waals surface area contributed by atoms with E-state index in [0.717, 1.165) is 51.5 Å². The molecule has 236 valence electrons. The molecule has 2 unspecified atom stereocenters. The molecule has 2 atom stereocenters. The molecule has 0 aromatic carbocycles. The summed E-state index contributed by atoms with van der Waals surface area (Å²) in [5.41, 5.74) is 3.91. The third-order valence-corrected chi connectivity index (χ3v) is 8.67. The van der Waals surface area contributed by atoms with Crippen LogP contribution in [0.4, 0.5) is 0 Å². The number of halogens is 1. The Labute approximate surface area is 271 Å². The van der Waals surface area contributed by atoms with Crippen LogP contribution in [0.5, 0.6) is 11.8 Å². The molecule has 0 spiro atoms. The lowest BCUT2D eigenvalue weighted by atomic mass is 10.1. The number of aliphatic hydroxyl groups excluding tert-OH is 1. The number of nitrogens with zero attached hydrogens (tertiary/aromatic N) is 8. The molecule has 4 aromatic heterocycles. The van der Waals surface area contributed by atoms with Crippen LogP contribution in [0.15, 0.2) is 18.5 Å². The van der Waals surface area contributed by atoms with Gasteiger partial charge in [0.05, 0.1) is 57.7 Å². The molecule has 1 N–H and O–H groups in total. The zero-order chi connectivity index (χ0) is 31.4. The van der Waals surface area contributed by atoms with E-state index in [1.165, 1.54) is 0 Å². The molecule has 1 aliphatic heterocycles. The lowest BCUT2D eigenvalue weighted by molar-refractivity contribution is -0.0367. The van der Waals surface area contributed by atoms with Gasteiger partial charge in [0.25, 0.3) is 0 Å². The molecule has 5 rings (SSSR count). The van der Waals surface area contributed by atoms with E-state index in [-0.39, 0.29) is 25.0 Å². The molecular formula is C31H41IN8O4. The number of aliphatic hydroxyl groups is 1. The maximum absolute atomic E-state index is 9.63. The van der Waals surface area contributed by atoms with Crippen molar-refractivity contribution < 1.29 is 19.3 Å². The maximum Gasteiger partial charge on any atom is 0.246 e. The van der Waals surface area contributed by atoms with Crippen molar-refractivity contribution in [2.24, 2.45) is 7.05 Å². The van der Waals surface area contributed by atoms with Gasteiger partial charge < -0.3 is 19.3 Å². The summed E-state index contributed by atoms with van der Waals surface area (Å²) in [7, 11) is 1.86. The summed E-state index contributed by atoms with van der Waals surface area (Å²) in [4.78, 5) is 7.07. The SMILES string of the molecule is C#Cc1nn(C2CCCCO2)c2cnc(-c3cnn(C)c3OC(C)CN(CC)Cc3c(I)c(OC(C)C)nn3CCO)cc12. The van der Waals surface area contributed by atoms with Crippen molar-refractivity contribution in [2.45, 2.75) is 78.5 Å². The minimum absolute atomic E-state index is 0.00140. The number of terminal acetylenes is 1. The molecule has 44 heavy (non-hydrogen) atoms. The molecule has 13 heteroatoms. The van der Waals surface area contributed by atoms with Crippen LogP contribution in [-0.4, -0.2) is 82.8 Å². The van der Waals surface area contributed by atoms with E-state index in [4.69, 9.17) is 25.6 Å². The second-order valence-electron chi connectivity index (χ2n) is 11.3. The molecule has 1 aliphatic rings. The van der Waals surface area contributed by atoms with Crippen molar-refractivity contribution in [3.05, 3.63) is 33.4 Å². The first-order chi connectivity index (χ1) is 21.2. The molecule has 4 aromatic rings. The molecule has 12 nitrogen and oxygen atoms in total. The number of rotatable bonds is 13. The van der Waals surface area contributed by atoms with Gasteiger partial charge in [0.1, 0.15) is 11.8 Å². The Morgan fingerprint density at radius 3 is 2.73 bits per heavy atom. The van der Waals surface area contributed by atoms with Crippen LogP contribution in [0.2, 0.25) is 0 Å². The first kappa shape index (κ1) is 32.2. The smallest absolute Gasteiger partial charge is 0.246 e. The highest BCUT2D eigenvalue weighted by atomic mass is 127. The number of aromatic nitrogens is 7. The van der Waals surface area contributed by atoms with E-state index < -0.39 is 0 Å². The predicted molar refractivity (Wildman–Crippen MR) is 175 cm³/mol. The Morgan fingerprint density at radius 2 is 2.05 bits per heavy atom. The first-order valence-corrected chi connectivity index (χ1v) is 16.2. The van der Waals surface area contributed by atoms with Crippen molar-refractivity contribution in [3.63, 3.8) is 0 Å². The van der Waals surface area contributed by atoms with E-state index in [1.54, 1.807) is 10.9 Å². The van der Waals surface area contributed by atoms with Crippen LogP contribution in [0, 0.1) is 15.9 Å². The molecule has 0 radical (unpaired) electrons. The highest BCUT2D eigenvalue weighted by Crippen LogP contribution is 2.34. The summed E-state index contributed by atoms with van der Waals surface area (Å²) in [5.74, 6) is 3.95. The normalized spacial score (nSPS) is 16.1. The van der Waals surface area contributed by atoms with Crippen LogP contribution in [0.3, 0.4) is 0 Å². The van der Waals surface area contributed by atoms with Gasteiger partial charge in [-0.3, -0.25) is 14.6 Å². The molecule has 0 saturated carbocycles. The quantitative estimate of drug-likeness (QED) is 0.159. The fourth-order valence-corrected chi connectivity index (χ4v) is 6.14. The molecular weight excluding hydrogens is 675 g/mol. The van der Waals surface area contributed by atoms with Gasteiger partial charge >= 0.3 is 0 Å². The summed E-state index contributed by atoms with van der Waals surface area (Å²) >= 11 is 2.28. The van der Waals surface area contributed by atoms with E-state index in [9.17, 15) is 5.11 Å². The topological polar surface area (TPSA) is 118 Å². The fraction of sp³-hybridized carbons (Fsp3) is 0.548. The third-order valence-electron chi connectivity index (χ3n) is 7.59. The lowest BCUT2D eigenvalue weighted by Crippen LogP contribution is -2.34. The Hall–Kier alpha value is -3.19. The minimum Gasteiger partial charge on any atom is -0.473 e. The van der Waals surface area contributed by atoms with Gasteiger partial charge in [-0.1, -0.05) is 6.92 Å². The van der Waals surface area contributed by atoms with Crippen LogP contribution in [0.1, 0.15) is 64.6 Å². The Kier molecular flexibility index (Phi) is 10.5. The number of aryl methyl sites for hydroxylation is 1. The van der Waals surface area contributed by atoms with Gasteiger partial charge in [-0.05, 0) is 81.2 Å². The molecule has 0 aliphatic carbocycles. The highest BCUT2D eigenvalue weighted by Gasteiger charge is 2.25. The average Bonchev–Trinajstić information content (AvgIpc) is 3.66. The molecule has 1 fully saturated rings. The van der Waals surface area contributed by atoms with Crippen molar-refractivity contribution in [3.8, 4) is 35.4 Å². The summed E-state index contributed by atoms with van der Waals surface area (Å²) in [5, 5.41) is 24.3. The van der Waals surface area contributed by atoms with Crippen molar-refractivity contribution in [1.29, 1.82) is 0 Å². The van der Waals surface area contributed by atoms with E-state index in [1.807, 2.05) is 49.4 Å². The van der Waals surface area contributed by atoms with Crippen molar-refractivity contribution in [2.75, 3.05) is 26.3 Å². The molecule has 0 bridgehead atoms. The summed E-state index contributed by atoms with van der Waals surface area (Å²) < 4.78 is 24.8. The Morgan fingerprint density at radius 1 is 1.23 bits per heavy atom. The second kappa shape index (κ2) is 14.3. The van der Waals surface area contributed by atoms with Crippen molar-refractivity contribution in [1.82, 2.24) is 39.2 Å². The van der Waals surface area contributed by atoms with Gasteiger partial charge in [0.15, 0.2) is 6.23 Å². The number of pyridine rings is 1. The molecule has 5 heterocycles. The van der Waals surface area contributed by atoms with E-state index in [2.05, 4.69) is 55.6 Å². The number of ether oxygens (including phenoxy) is 3. The zero-order valence-electron chi connectivity index (χ0n) is 26.0. The van der Waals surface area contributed by atoms with Crippen LogP contribution < -0.4 is 9.47 Å². The summed E-state index contributed by atoms with van der Waals surface area (Å²) in [6.45, 7) is 11.3. The number of likely N-dealkylation sites (N-methyl/N-ethyl adjacent to an activating group) is 1. The van der Waals surface area contributed by atoms with Crippen LogP contribution >= 0.6 is 22.6 Å². The first-order valence-electron chi connectivity index (χ1n) is 15.1. The van der Waals surface area contributed by atoms with Gasteiger partial charge in [0.2, 0.25) is 11.8 Å². The minimum atomic E-state index is -0.168. The highest BCUT2D eigenvalue weighted by molar-refractivity contribution is 14.1.